The number of rotatable bonds is 5. The molecular weight excluding hydrogens is 300 g/mol. The number of carbonyl (C=O) groups excluding carboxylic acids is 1. The Morgan fingerprint density at radius 2 is 1.77 bits per heavy atom. The molecule has 1 aromatic carbocycles. The third-order valence-electron chi connectivity index (χ3n) is 4.00. The van der Waals surface area contributed by atoms with Crippen molar-refractivity contribution in [3.05, 3.63) is 29.8 Å². The first kappa shape index (κ1) is 17.0. The molecule has 2 rings (SSSR count). The summed E-state index contributed by atoms with van der Waals surface area (Å²) in [5.74, 6) is -0.113. The molecule has 1 saturated heterocycles. The fourth-order valence-corrected chi connectivity index (χ4v) is 3.89. The molecule has 122 valence electrons. The lowest BCUT2D eigenvalue weighted by atomic mass is 10.1. The molecule has 1 N–H and O–H groups in total. The van der Waals surface area contributed by atoms with Crippen LogP contribution in [-0.4, -0.2) is 38.4 Å². The Balaban J connectivity index is 2.11. The average Bonchev–Trinajstić information content (AvgIpc) is 2.53. The molecule has 1 aliphatic rings. The summed E-state index contributed by atoms with van der Waals surface area (Å²) in [6.07, 6.45) is 3.57. The molecule has 1 heterocycles. The van der Waals surface area contributed by atoms with Gasteiger partial charge in [0.15, 0.2) is 0 Å². The van der Waals surface area contributed by atoms with Crippen LogP contribution >= 0.6 is 0 Å². The standard InChI is InChI=1S/C16H24N2O3S/c1-3-15(16(19)18-11-5-4-6-12-18)17-22(20,21)14-9-7-13(2)8-10-14/h7-10,15,17H,3-6,11-12H2,1-2H3/t15-/m0/s1. The molecule has 0 aromatic heterocycles. The van der Waals surface area contributed by atoms with Crippen molar-refractivity contribution in [2.75, 3.05) is 13.1 Å². The number of nitrogens with zero attached hydrogens (tertiary/aromatic N) is 1. The zero-order valence-electron chi connectivity index (χ0n) is 13.2. The smallest absolute Gasteiger partial charge is 0.241 e. The highest BCUT2D eigenvalue weighted by Gasteiger charge is 2.28. The minimum atomic E-state index is -3.67. The van der Waals surface area contributed by atoms with Crippen molar-refractivity contribution in [1.29, 1.82) is 0 Å². The van der Waals surface area contributed by atoms with Gasteiger partial charge in [-0.2, -0.15) is 4.72 Å². The second-order valence-corrected chi connectivity index (χ2v) is 7.50. The van der Waals surface area contributed by atoms with E-state index in [0.717, 1.165) is 37.9 Å². The molecule has 1 fully saturated rings. The fraction of sp³-hybridized carbons (Fsp3) is 0.562. The highest BCUT2D eigenvalue weighted by molar-refractivity contribution is 7.89. The summed E-state index contributed by atoms with van der Waals surface area (Å²) in [6.45, 7) is 5.17. The summed E-state index contributed by atoms with van der Waals surface area (Å²) in [4.78, 5) is 14.5. The molecule has 0 aliphatic carbocycles. The lowest BCUT2D eigenvalue weighted by Crippen LogP contribution is -2.49. The fourth-order valence-electron chi connectivity index (χ4n) is 2.62. The van der Waals surface area contributed by atoms with Gasteiger partial charge in [-0.1, -0.05) is 24.6 Å². The molecule has 0 unspecified atom stereocenters. The molecule has 1 amide bonds. The number of aryl methyl sites for hydroxylation is 1. The van der Waals surface area contributed by atoms with Crippen molar-refractivity contribution in [2.45, 2.75) is 50.5 Å². The van der Waals surface area contributed by atoms with Crippen LogP contribution in [0.5, 0.6) is 0 Å². The van der Waals surface area contributed by atoms with E-state index in [2.05, 4.69) is 4.72 Å². The van der Waals surface area contributed by atoms with Crippen molar-refractivity contribution < 1.29 is 13.2 Å². The lowest BCUT2D eigenvalue weighted by molar-refractivity contribution is -0.133. The van der Waals surface area contributed by atoms with Crippen LogP contribution in [0, 0.1) is 6.92 Å². The Labute approximate surface area is 132 Å². The Kier molecular flexibility index (Phi) is 5.58. The summed E-state index contributed by atoms with van der Waals surface area (Å²) in [5.41, 5.74) is 0.996. The first-order chi connectivity index (χ1) is 10.4. The molecule has 0 radical (unpaired) electrons. The number of piperidine rings is 1. The summed E-state index contributed by atoms with van der Waals surface area (Å²) >= 11 is 0. The van der Waals surface area contributed by atoms with Crippen LogP contribution in [0.4, 0.5) is 0 Å². The molecule has 0 spiro atoms. The average molecular weight is 324 g/mol. The van der Waals surface area contributed by atoms with E-state index < -0.39 is 16.1 Å². The van der Waals surface area contributed by atoms with E-state index in [-0.39, 0.29) is 10.8 Å². The van der Waals surface area contributed by atoms with Crippen molar-refractivity contribution in [1.82, 2.24) is 9.62 Å². The molecular formula is C16H24N2O3S. The molecule has 5 nitrogen and oxygen atoms in total. The molecule has 1 aromatic rings. The number of likely N-dealkylation sites (tertiary alicyclic amines) is 1. The first-order valence-electron chi connectivity index (χ1n) is 7.82. The molecule has 1 aliphatic heterocycles. The van der Waals surface area contributed by atoms with Gasteiger partial charge in [0.1, 0.15) is 6.04 Å². The Bertz CT molecular complexity index is 605. The number of hydrogen-bond acceptors (Lipinski definition) is 3. The van der Waals surface area contributed by atoms with Crippen LogP contribution in [-0.2, 0) is 14.8 Å². The third kappa shape index (κ3) is 4.08. The van der Waals surface area contributed by atoms with Crippen LogP contribution in [0.2, 0.25) is 0 Å². The first-order valence-corrected chi connectivity index (χ1v) is 9.30. The quantitative estimate of drug-likeness (QED) is 0.901. The second kappa shape index (κ2) is 7.24. The van der Waals surface area contributed by atoms with Gasteiger partial charge in [0, 0.05) is 13.1 Å². The maximum Gasteiger partial charge on any atom is 0.241 e. The molecule has 22 heavy (non-hydrogen) atoms. The Morgan fingerprint density at radius 3 is 2.32 bits per heavy atom. The molecule has 0 bridgehead atoms. The highest BCUT2D eigenvalue weighted by atomic mass is 32.2. The van der Waals surface area contributed by atoms with Crippen LogP contribution < -0.4 is 4.72 Å². The molecule has 0 saturated carbocycles. The van der Waals surface area contributed by atoms with E-state index in [1.165, 1.54) is 0 Å². The van der Waals surface area contributed by atoms with Gasteiger partial charge in [-0.3, -0.25) is 4.79 Å². The summed E-state index contributed by atoms with van der Waals surface area (Å²) in [7, 11) is -3.67. The normalized spacial score (nSPS) is 17.3. The Hall–Kier alpha value is -1.40. The predicted molar refractivity (Wildman–Crippen MR) is 86.0 cm³/mol. The van der Waals surface area contributed by atoms with Crippen molar-refractivity contribution in [3.8, 4) is 0 Å². The van der Waals surface area contributed by atoms with Crippen LogP contribution in [0.25, 0.3) is 0 Å². The van der Waals surface area contributed by atoms with E-state index >= 15 is 0 Å². The molecule has 6 heteroatoms. The topological polar surface area (TPSA) is 66.5 Å². The number of benzene rings is 1. The zero-order chi connectivity index (χ0) is 16.2. The van der Waals surface area contributed by atoms with E-state index in [0.29, 0.717) is 6.42 Å². The lowest BCUT2D eigenvalue weighted by Gasteiger charge is -2.30. The summed E-state index contributed by atoms with van der Waals surface area (Å²) < 4.78 is 27.4. The Morgan fingerprint density at radius 1 is 1.18 bits per heavy atom. The van der Waals surface area contributed by atoms with E-state index in [1.807, 2.05) is 13.8 Å². The van der Waals surface area contributed by atoms with Gasteiger partial charge in [-0.15, -0.1) is 0 Å². The maximum absolute atomic E-state index is 12.5. The van der Waals surface area contributed by atoms with Crippen LogP contribution in [0.1, 0.15) is 38.2 Å². The summed E-state index contributed by atoms with van der Waals surface area (Å²) in [5, 5.41) is 0. The van der Waals surface area contributed by atoms with E-state index in [4.69, 9.17) is 0 Å². The van der Waals surface area contributed by atoms with Crippen molar-refractivity contribution >= 4 is 15.9 Å². The van der Waals surface area contributed by atoms with Gasteiger partial charge >= 0.3 is 0 Å². The maximum atomic E-state index is 12.5. The van der Waals surface area contributed by atoms with Gasteiger partial charge in [0.2, 0.25) is 15.9 Å². The van der Waals surface area contributed by atoms with Gasteiger partial charge < -0.3 is 4.90 Å². The number of amides is 1. The number of sulfonamides is 1. The van der Waals surface area contributed by atoms with Gasteiger partial charge in [0.25, 0.3) is 0 Å². The number of hydrogen-bond donors (Lipinski definition) is 1. The zero-order valence-corrected chi connectivity index (χ0v) is 14.0. The third-order valence-corrected chi connectivity index (χ3v) is 5.49. The van der Waals surface area contributed by atoms with Crippen molar-refractivity contribution in [2.24, 2.45) is 0 Å². The van der Waals surface area contributed by atoms with Crippen LogP contribution in [0.15, 0.2) is 29.2 Å². The van der Waals surface area contributed by atoms with Gasteiger partial charge in [-0.25, -0.2) is 8.42 Å². The number of carbonyl (C=O) groups is 1. The van der Waals surface area contributed by atoms with Gasteiger partial charge in [0.05, 0.1) is 4.90 Å². The largest absolute Gasteiger partial charge is 0.341 e. The molecule has 1 atom stereocenters. The van der Waals surface area contributed by atoms with E-state index in [1.54, 1.807) is 29.2 Å². The van der Waals surface area contributed by atoms with Crippen LogP contribution in [0.3, 0.4) is 0 Å². The monoisotopic (exact) mass is 324 g/mol. The minimum Gasteiger partial charge on any atom is -0.341 e. The second-order valence-electron chi connectivity index (χ2n) is 5.78. The highest BCUT2D eigenvalue weighted by Crippen LogP contribution is 2.14. The number of nitrogens with one attached hydrogen (secondary N) is 1. The van der Waals surface area contributed by atoms with E-state index in [9.17, 15) is 13.2 Å². The van der Waals surface area contributed by atoms with Crippen molar-refractivity contribution in [3.63, 3.8) is 0 Å². The van der Waals surface area contributed by atoms with Gasteiger partial charge in [-0.05, 0) is 44.7 Å². The minimum absolute atomic E-state index is 0.113. The summed E-state index contributed by atoms with van der Waals surface area (Å²) in [6, 6.07) is 5.94. The SMILES string of the molecule is CC[C@H](NS(=O)(=O)c1ccc(C)cc1)C(=O)N1CCCCC1. The predicted octanol–water partition coefficient (Wildman–Crippen LogP) is 2.06.